The van der Waals surface area contributed by atoms with Crippen molar-refractivity contribution in [3.63, 3.8) is 0 Å². The summed E-state index contributed by atoms with van der Waals surface area (Å²) in [7, 11) is -8.25. The first kappa shape index (κ1) is 24.0. The number of pyridine rings is 1. The predicted molar refractivity (Wildman–Crippen MR) is 117 cm³/mol. The van der Waals surface area contributed by atoms with E-state index in [-0.39, 0.29) is 27.1 Å². The average Bonchev–Trinajstić information content (AvgIpc) is 2.78. The third-order valence-electron chi connectivity index (χ3n) is 4.83. The predicted octanol–water partition coefficient (Wildman–Crippen LogP) is 3.19. The quantitative estimate of drug-likeness (QED) is 0.481. The van der Waals surface area contributed by atoms with Gasteiger partial charge in [-0.15, -0.1) is 0 Å². The van der Waals surface area contributed by atoms with Gasteiger partial charge in [0.15, 0.2) is 0 Å². The molecule has 0 radical (unpaired) electrons. The summed E-state index contributed by atoms with van der Waals surface area (Å²) in [5.41, 5.74) is 0.717. The van der Waals surface area contributed by atoms with Gasteiger partial charge in [0.25, 0.3) is 0 Å². The Labute approximate surface area is 186 Å². The van der Waals surface area contributed by atoms with Crippen LogP contribution in [-0.2, 0) is 19.9 Å². The van der Waals surface area contributed by atoms with Gasteiger partial charge >= 0.3 is 0 Å². The van der Waals surface area contributed by atoms with E-state index in [1.165, 1.54) is 18.3 Å². The third kappa shape index (κ3) is 5.21. The van der Waals surface area contributed by atoms with Crippen LogP contribution in [0.25, 0.3) is 0 Å². The second-order valence-corrected chi connectivity index (χ2v) is 11.1. The fourth-order valence-electron chi connectivity index (χ4n) is 3.09. The van der Waals surface area contributed by atoms with Crippen LogP contribution in [0.2, 0.25) is 0 Å². The van der Waals surface area contributed by atoms with E-state index in [9.17, 15) is 26.3 Å². The molecule has 170 valence electrons. The lowest BCUT2D eigenvalue weighted by Crippen LogP contribution is -2.30. The van der Waals surface area contributed by atoms with Gasteiger partial charge in [-0.25, -0.2) is 25.9 Å². The zero-order chi connectivity index (χ0) is 23.5. The first-order valence-corrected chi connectivity index (χ1v) is 12.7. The minimum atomic E-state index is -4.17. The van der Waals surface area contributed by atoms with Crippen molar-refractivity contribution < 1.29 is 26.3 Å². The SMILES string of the molecule is CC(C)c1ccc(S(=O)(=O)c2ccc(F)cc2)cc1S(=O)(=O)NCC(O)c1ccccn1. The fraction of sp³-hybridized carbons (Fsp3) is 0.227. The lowest BCUT2D eigenvalue weighted by Gasteiger charge is -2.17. The lowest BCUT2D eigenvalue weighted by atomic mass is 10.0. The third-order valence-corrected chi connectivity index (χ3v) is 8.07. The molecule has 2 aromatic carbocycles. The molecule has 2 N–H and O–H groups in total. The molecule has 32 heavy (non-hydrogen) atoms. The Morgan fingerprint density at radius 2 is 1.62 bits per heavy atom. The van der Waals surface area contributed by atoms with E-state index in [1.807, 2.05) is 0 Å². The molecule has 0 aliphatic rings. The number of hydrogen-bond acceptors (Lipinski definition) is 6. The number of benzene rings is 2. The van der Waals surface area contributed by atoms with Crippen molar-refractivity contribution in [2.24, 2.45) is 0 Å². The number of aliphatic hydroxyl groups is 1. The van der Waals surface area contributed by atoms with Crippen molar-refractivity contribution in [2.45, 2.75) is 40.6 Å². The summed E-state index contributed by atoms with van der Waals surface area (Å²) < 4.78 is 67.6. The molecule has 3 rings (SSSR count). The molecule has 0 fully saturated rings. The highest BCUT2D eigenvalue weighted by atomic mass is 32.2. The van der Waals surface area contributed by atoms with Crippen molar-refractivity contribution in [1.29, 1.82) is 0 Å². The second kappa shape index (κ2) is 9.45. The molecular weight excluding hydrogens is 455 g/mol. The summed E-state index contributed by atoms with van der Waals surface area (Å²) in [5, 5.41) is 10.2. The zero-order valence-electron chi connectivity index (χ0n) is 17.4. The number of hydrogen-bond donors (Lipinski definition) is 2. The van der Waals surface area contributed by atoms with Crippen LogP contribution in [0.1, 0.15) is 37.1 Å². The Morgan fingerprint density at radius 3 is 2.22 bits per heavy atom. The van der Waals surface area contributed by atoms with Crippen LogP contribution in [0.5, 0.6) is 0 Å². The lowest BCUT2D eigenvalue weighted by molar-refractivity contribution is 0.177. The maximum atomic E-state index is 13.2. The van der Waals surface area contributed by atoms with Gasteiger partial charge in [0.1, 0.15) is 11.9 Å². The molecule has 1 atom stereocenters. The van der Waals surface area contributed by atoms with Gasteiger partial charge in [0, 0.05) is 12.7 Å². The number of sulfonamides is 1. The highest BCUT2D eigenvalue weighted by Gasteiger charge is 2.26. The van der Waals surface area contributed by atoms with Gasteiger partial charge in [-0.05, 0) is 60.0 Å². The molecule has 0 aliphatic heterocycles. The van der Waals surface area contributed by atoms with Crippen LogP contribution in [0.4, 0.5) is 4.39 Å². The molecule has 1 aromatic heterocycles. The number of sulfone groups is 1. The molecule has 1 unspecified atom stereocenters. The highest BCUT2D eigenvalue weighted by Crippen LogP contribution is 2.29. The monoisotopic (exact) mass is 478 g/mol. The zero-order valence-corrected chi connectivity index (χ0v) is 19.1. The minimum Gasteiger partial charge on any atom is -0.385 e. The number of nitrogens with zero attached hydrogens (tertiary/aromatic N) is 1. The maximum absolute atomic E-state index is 13.2. The summed E-state index contributed by atoms with van der Waals surface area (Å²) in [6, 6.07) is 13.1. The standard InChI is InChI=1S/C22H23FN2O5S2/c1-15(2)19-11-10-18(31(27,28)17-8-6-16(23)7-9-17)13-22(19)32(29,30)25-14-21(26)20-5-3-4-12-24-20/h3-13,15,21,25-26H,14H2,1-2H3. The van der Waals surface area contributed by atoms with Crippen LogP contribution in [0, 0.1) is 5.82 Å². The van der Waals surface area contributed by atoms with Crippen molar-refractivity contribution in [3.05, 3.63) is 83.9 Å². The van der Waals surface area contributed by atoms with Gasteiger partial charge in [0.2, 0.25) is 19.9 Å². The van der Waals surface area contributed by atoms with Crippen LogP contribution < -0.4 is 4.72 Å². The minimum absolute atomic E-state index is 0.155. The first-order valence-electron chi connectivity index (χ1n) is 9.75. The van der Waals surface area contributed by atoms with Crippen molar-refractivity contribution in [1.82, 2.24) is 9.71 Å². The number of halogens is 1. The van der Waals surface area contributed by atoms with Gasteiger partial charge in [-0.1, -0.05) is 26.0 Å². The van der Waals surface area contributed by atoms with Crippen LogP contribution in [-0.4, -0.2) is 33.5 Å². The summed E-state index contributed by atoms with van der Waals surface area (Å²) >= 11 is 0. The maximum Gasteiger partial charge on any atom is 0.240 e. The Hall–Kier alpha value is -2.66. The van der Waals surface area contributed by atoms with E-state index in [2.05, 4.69) is 9.71 Å². The Kier molecular flexibility index (Phi) is 7.09. The van der Waals surface area contributed by atoms with Crippen LogP contribution in [0.3, 0.4) is 0 Å². The van der Waals surface area contributed by atoms with Gasteiger partial charge in [0.05, 0.1) is 20.4 Å². The molecule has 0 aliphatic carbocycles. The molecule has 0 saturated carbocycles. The molecule has 1 heterocycles. The Morgan fingerprint density at radius 1 is 0.969 bits per heavy atom. The molecule has 0 bridgehead atoms. The topological polar surface area (TPSA) is 113 Å². The summed E-state index contributed by atoms with van der Waals surface area (Å²) in [6.45, 7) is 3.22. The van der Waals surface area contributed by atoms with Crippen molar-refractivity contribution >= 4 is 19.9 Å². The first-order chi connectivity index (χ1) is 15.0. The molecule has 10 heteroatoms. The largest absolute Gasteiger partial charge is 0.385 e. The molecule has 3 aromatic rings. The van der Waals surface area contributed by atoms with E-state index < -0.39 is 31.8 Å². The fourth-order valence-corrected chi connectivity index (χ4v) is 5.88. The van der Waals surface area contributed by atoms with Crippen molar-refractivity contribution in [2.75, 3.05) is 6.54 Å². The Bertz CT molecular complexity index is 1290. The summed E-state index contributed by atoms with van der Waals surface area (Å²) in [5.74, 6) is -0.803. The van der Waals surface area contributed by atoms with E-state index in [1.54, 1.807) is 32.0 Å². The number of aliphatic hydroxyl groups excluding tert-OH is 1. The molecular formula is C22H23FN2O5S2. The average molecular weight is 479 g/mol. The van der Waals surface area contributed by atoms with Gasteiger partial charge in [-0.3, -0.25) is 4.98 Å². The summed E-state index contributed by atoms with van der Waals surface area (Å²) in [6.07, 6.45) is 0.299. The van der Waals surface area contributed by atoms with Gasteiger partial charge in [-0.2, -0.15) is 0 Å². The molecule has 0 saturated heterocycles. The highest BCUT2D eigenvalue weighted by molar-refractivity contribution is 7.91. The molecule has 7 nitrogen and oxygen atoms in total. The number of nitrogens with one attached hydrogen (secondary N) is 1. The molecule has 0 amide bonds. The van der Waals surface area contributed by atoms with Gasteiger partial charge < -0.3 is 5.11 Å². The molecule has 0 spiro atoms. The van der Waals surface area contributed by atoms with Crippen molar-refractivity contribution in [3.8, 4) is 0 Å². The Balaban J connectivity index is 1.97. The van der Waals surface area contributed by atoms with E-state index in [0.29, 0.717) is 11.3 Å². The summed E-state index contributed by atoms with van der Waals surface area (Å²) in [4.78, 5) is 3.40. The van der Waals surface area contributed by atoms with E-state index in [0.717, 1.165) is 30.3 Å². The second-order valence-electron chi connectivity index (χ2n) is 7.43. The number of rotatable bonds is 8. The van der Waals surface area contributed by atoms with Crippen LogP contribution in [0.15, 0.2) is 81.5 Å². The normalized spacial score (nSPS) is 13.3. The number of aromatic nitrogens is 1. The van der Waals surface area contributed by atoms with E-state index >= 15 is 0 Å². The smallest absolute Gasteiger partial charge is 0.240 e. The van der Waals surface area contributed by atoms with E-state index in [4.69, 9.17) is 0 Å². The van der Waals surface area contributed by atoms with Crippen LogP contribution >= 0.6 is 0 Å².